The van der Waals surface area contributed by atoms with Gasteiger partial charge in [-0.2, -0.15) is 0 Å². The van der Waals surface area contributed by atoms with E-state index in [1.165, 1.54) is 18.4 Å². The van der Waals surface area contributed by atoms with Gasteiger partial charge in [0.1, 0.15) is 5.60 Å². The van der Waals surface area contributed by atoms with E-state index in [2.05, 4.69) is 22.4 Å². The molecule has 0 aromatic carbocycles. The molecule has 1 aliphatic carbocycles. The molecule has 4 nitrogen and oxygen atoms in total. The van der Waals surface area contributed by atoms with Crippen LogP contribution in [0.25, 0.3) is 0 Å². The second-order valence-corrected chi connectivity index (χ2v) is 6.79. The smallest absolute Gasteiger partial charge is 0.407 e. The highest BCUT2D eigenvalue weighted by molar-refractivity contribution is 5.68. The molecule has 1 atom stereocenters. The van der Waals surface area contributed by atoms with Crippen LogP contribution in [0.1, 0.15) is 40.5 Å². The summed E-state index contributed by atoms with van der Waals surface area (Å²) in [5.74, 6) is 0. The van der Waals surface area contributed by atoms with Crippen molar-refractivity contribution in [3.05, 3.63) is 23.3 Å². The SMILES string of the molecule is C[C@H](CN1CC2=C(CCC=C2)C1)NC(=O)OC(C)(C)C. The summed E-state index contributed by atoms with van der Waals surface area (Å²) < 4.78 is 5.28. The Hall–Kier alpha value is -1.29. The average Bonchev–Trinajstić information content (AvgIpc) is 2.67. The highest BCUT2D eigenvalue weighted by atomic mass is 16.6. The molecule has 1 heterocycles. The molecular weight excluding hydrogens is 252 g/mol. The summed E-state index contributed by atoms with van der Waals surface area (Å²) in [6.07, 6.45) is 6.53. The minimum atomic E-state index is -0.442. The first-order valence-corrected chi connectivity index (χ1v) is 7.43. The zero-order valence-corrected chi connectivity index (χ0v) is 13.0. The van der Waals surface area contributed by atoms with Gasteiger partial charge in [-0.05, 0) is 46.1 Å². The highest BCUT2D eigenvalue weighted by Gasteiger charge is 2.24. The van der Waals surface area contributed by atoms with Gasteiger partial charge in [0, 0.05) is 25.7 Å². The van der Waals surface area contributed by atoms with E-state index < -0.39 is 5.60 Å². The Bertz CT molecular complexity index is 432. The molecule has 20 heavy (non-hydrogen) atoms. The number of rotatable bonds is 3. The third-order valence-electron chi connectivity index (χ3n) is 3.49. The maximum absolute atomic E-state index is 11.7. The number of amides is 1. The number of ether oxygens (including phenoxy) is 1. The lowest BCUT2D eigenvalue weighted by Crippen LogP contribution is -2.43. The van der Waals surface area contributed by atoms with Gasteiger partial charge in [-0.3, -0.25) is 4.90 Å². The molecule has 0 fully saturated rings. The summed E-state index contributed by atoms with van der Waals surface area (Å²) in [7, 11) is 0. The molecule has 1 N–H and O–H groups in total. The third kappa shape index (κ3) is 4.37. The Morgan fingerprint density at radius 2 is 2.20 bits per heavy atom. The first-order chi connectivity index (χ1) is 9.33. The Morgan fingerprint density at radius 3 is 2.85 bits per heavy atom. The Labute approximate surface area is 121 Å². The van der Waals surface area contributed by atoms with Crippen LogP contribution in [0, 0.1) is 0 Å². The lowest BCUT2D eigenvalue weighted by atomic mass is 10.0. The molecule has 4 heteroatoms. The number of carbonyl (C=O) groups excluding carboxylic acids is 1. The van der Waals surface area contributed by atoms with Gasteiger partial charge in [-0.15, -0.1) is 0 Å². The molecular formula is C16H26N2O2. The summed E-state index contributed by atoms with van der Waals surface area (Å²) in [5.41, 5.74) is 2.60. The molecule has 0 aromatic rings. The highest BCUT2D eigenvalue weighted by Crippen LogP contribution is 2.26. The summed E-state index contributed by atoms with van der Waals surface area (Å²) in [4.78, 5) is 14.1. The van der Waals surface area contributed by atoms with E-state index in [-0.39, 0.29) is 12.1 Å². The summed E-state index contributed by atoms with van der Waals surface area (Å²) >= 11 is 0. The van der Waals surface area contributed by atoms with Crippen LogP contribution in [0.3, 0.4) is 0 Å². The molecule has 0 radical (unpaired) electrons. The van der Waals surface area contributed by atoms with Crippen LogP contribution in [0.15, 0.2) is 23.3 Å². The average molecular weight is 278 g/mol. The molecule has 2 rings (SSSR count). The number of nitrogens with one attached hydrogen (secondary N) is 1. The lowest BCUT2D eigenvalue weighted by molar-refractivity contribution is 0.0500. The number of allylic oxidation sites excluding steroid dienone is 1. The van der Waals surface area contributed by atoms with Crippen LogP contribution in [0.5, 0.6) is 0 Å². The normalized spacial score (nSPS) is 20.8. The van der Waals surface area contributed by atoms with E-state index in [4.69, 9.17) is 4.74 Å². The van der Waals surface area contributed by atoms with Crippen molar-refractivity contribution in [1.82, 2.24) is 10.2 Å². The fourth-order valence-electron chi connectivity index (χ4n) is 2.74. The van der Waals surface area contributed by atoms with Crippen LogP contribution in [0.4, 0.5) is 4.79 Å². The van der Waals surface area contributed by atoms with Crippen LogP contribution >= 0.6 is 0 Å². The fraction of sp³-hybridized carbons (Fsp3) is 0.688. The minimum Gasteiger partial charge on any atom is -0.444 e. The molecule has 0 bridgehead atoms. The van der Waals surface area contributed by atoms with Crippen molar-refractivity contribution in [2.24, 2.45) is 0 Å². The van der Waals surface area contributed by atoms with E-state index >= 15 is 0 Å². The molecule has 0 aromatic heterocycles. The molecule has 112 valence electrons. The molecule has 1 amide bonds. The summed E-state index contributed by atoms with van der Waals surface area (Å²) in [6.45, 7) is 10.6. The first-order valence-electron chi connectivity index (χ1n) is 7.43. The fourth-order valence-corrected chi connectivity index (χ4v) is 2.74. The van der Waals surface area contributed by atoms with Gasteiger partial charge in [0.25, 0.3) is 0 Å². The van der Waals surface area contributed by atoms with Crippen molar-refractivity contribution in [1.29, 1.82) is 0 Å². The Balaban J connectivity index is 1.75. The van der Waals surface area contributed by atoms with Gasteiger partial charge in [0.2, 0.25) is 0 Å². The standard InChI is InChI=1S/C16H26N2O2/c1-12(17-15(19)20-16(2,3)4)9-18-10-13-7-5-6-8-14(13)11-18/h5,7,12H,6,8-11H2,1-4H3,(H,17,19)/t12-/m1/s1. The number of hydrogen-bond donors (Lipinski definition) is 1. The first kappa shape index (κ1) is 15.1. The van der Waals surface area contributed by atoms with Crippen molar-refractivity contribution in [3.8, 4) is 0 Å². The van der Waals surface area contributed by atoms with E-state index in [9.17, 15) is 4.79 Å². The number of nitrogens with zero attached hydrogens (tertiary/aromatic N) is 1. The van der Waals surface area contributed by atoms with Crippen molar-refractivity contribution >= 4 is 6.09 Å². The van der Waals surface area contributed by atoms with Crippen LogP contribution < -0.4 is 5.32 Å². The van der Waals surface area contributed by atoms with E-state index in [1.807, 2.05) is 27.7 Å². The van der Waals surface area contributed by atoms with Gasteiger partial charge in [-0.1, -0.05) is 17.7 Å². The quantitative estimate of drug-likeness (QED) is 0.863. The van der Waals surface area contributed by atoms with Crippen LogP contribution in [-0.4, -0.2) is 42.3 Å². The van der Waals surface area contributed by atoms with Crippen LogP contribution in [-0.2, 0) is 4.74 Å². The maximum atomic E-state index is 11.7. The molecule has 0 spiro atoms. The molecule has 0 saturated carbocycles. The summed E-state index contributed by atoms with van der Waals surface area (Å²) in [5, 5.41) is 2.91. The Kier molecular flexibility index (Phi) is 4.53. The van der Waals surface area contributed by atoms with Crippen molar-refractivity contribution in [3.63, 3.8) is 0 Å². The second-order valence-electron chi connectivity index (χ2n) is 6.79. The topological polar surface area (TPSA) is 41.6 Å². The van der Waals surface area contributed by atoms with Gasteiger partial charge < -0.3 is 10.1 Å². The van der Waals surface area contributed by atoms with E-state index in [0.29, 0.717) is 0 Å². The lowest BCUT2D eigenvalue weighted by Gasteiger charge is -2.24. The monoisotopic (exact) mass is 278 g/mol. The number of hydrogen-bond acceptors (Lipinski definition) is 3. The maximum Gasteiger partial charge on any atom is 0.407 e. The Morgan fingerprint density at radius 1 is 1.45 bits per heavy atom. The van der Waals surface area contributed by atoms with Crippen molar-refractivity contribution in [2.75, 3.05) is 19.6 Å². The van der Waals surface area contributed by atoms with E-state index in [1.54, 1.807) is 5.57 Å². The number of carbonyl (C=O) groups is 1. The van der Waals surface area contributed by atoms with Crippen molar-refractivity contribution < 1.29 is 9.53 Å². The van der Waals surface area contributed by atoms with Gasteiger partial charge in [0.15, 0.2) is 0 Å². The predicted octanol–water partition coefficient (Wildman–Crippen LogP) is 2.86. The van der Waals surface area contributed by atoms with Gasteiger partial charge in [0.05, 0.1) is 0 Å². The zero-order valence-electron chi connectivity index (χ0n) is 13.0. The number of alkyl carbamates (subject to hydrolysis) is 1. The predicted molar refractivity (Wildman–Crippen MR) is 80.7 cm³/mol. The molecule has 0 saturated heterocycles. The van der Waals surface area contributed by atoms with Gasteiger partial charge in [-0.25, -0.2) is 4.79 Å². The van der Waals surface area contributed by atoms with Crippen molar-refractivity contribution in [2.45, 2.75) is 52.2 Å². The minimum absolute atomic E-state index is 0.0928. The third-order valence-corrected chi connectivity index (χ3v) is 3.49. The van der Waals surface area contributed by atoms with Gasteiger partial charge >= 0.3 is 6.09 Å². The van der Waals surface area contributed by atoms with Crippen LogP contribution in [0.2, 0.25) is 0 Å². The second kappa shape index (κ2) is 6.00. The van der Waals surface area contributed by atoms with E-state index in [0.717, 1.165) is 19.6 Å². The molecule has 1 aliphatic heterocycles. The zero-order chi connectivity index (χ0) is 14.8. The molecule has 2 aliphatic rings. The summed E-state index contributed by atoms with van der Waals surface area (Å²) in [6, 6.07) is 0.0928. The largest absolute Gasteiger partial charge is 0.444 e. The molecule has 0 unspecified atom stereocenters.